The second-order valence-electron chi connectivity index (χ2n) is 4.91. The number of carbonyl (C=O) groups excluding carboxylic acids is 1. The van der Waals surface area contributed by atoms with Gasteiger partial charge in [-0.05, 0) is 31.0 Å². The molecule has 1 rings (SSSR count). The minimum atomic E-state index is -3.34. The highest BCUT2D eigenvalue weighted by atomic mass is 32.2. The summed E-state index contributed by atoms with van der Waals surface area (Å²) in [7, 11) is -1.75. The Labute approximate surface area is 137 Å². The zero-order valence-electron chi connectivity index (χ0n) is 13.7. The van der Waals surface area contributed by atoms with Crippen LogP contribution in [0, 0.1) is 0 Å². The third-order valence-electron chi connectivity index (χ3n) is 3.18. The van der Waals surface area contributed by atoms with Crippen molar-refractivity contribution in [2.75, 3.05) is 39.6 Å². The molecule has 0 radical (unpaired) electrons. The molecule has 0 spiro atoms. The lowest BCUT2D eigenvalue weighted by Crippen LogP contribution is -2.39. The summed E-state index contributed by atoms with van der Waals surface area (Å²) in [6.45, 7) is 2.73. The molecule has 0 saturated carbocycles. The van der Waals surface area contributed by atoms with Crippen LogP contribution in [0.15, 0.2) is 24.3 Å². The van der Waals surface area contributed by atoms with E-state index in [1.807, 2.05) is 24.3 Å². The molecule has 0 aliphatic heterocycles. The summed E-state index contributed by atoms with van der Waals surface area (Å²) in [6.07, 6.45) is 1.19. The number of nitrogens with zero attached hydrogens (tertiary/aromatic N) is 1. The molecule has 0 aromatic heterocycles. The van der Waals surface area contributed by atoms with Gasteiger partial charge in [0, 0.05) is 19.6 Å². The highest BCUT2D eigenvalue weighted by molar-refractivity contribution is 7.88. The van der Waals surface area contributed by atoms with Crippen molar-refractivity contribution in [3.8, 4) is 5.75 Å². The molecule has 0 heterocycles. The van der Waals surface area contributed by atoms with Gasteiger partial charge in [-0.1, -0.05) is 12.1 Å². The normalized spacial score (nSPS) is 11.3. The van der Waals surface area contributed by atoms with Gasteiger partial charge in [-0.15, -0.1) is 0 Å². The van der Waals surface area contributed by atoms with Gasteiger partial charge in [-0.3, -0.25) is 0 Å². The number of rotatable bonds is 9. The van der Waals surface area contributed by atoms with E-state index >= 15 is 0 Å². The van der Waals surface area contributed by atoms with Crippen molar-refractivity contribution in [1.29, 1.82) is 0 Å². The first kappa shape index (κ1) is 19.2. The fraction of sp³-hybridized carbons (Fsp3) is 0.533. The average molecular weight is 344 g/mol. The Kier molecular flexibility index (Phi) is 7.84. The van der Waals surface area contributed by atoms with Gasteiger partial charge in [-0.2, -0.15) is 0 Å². The van der Waals surface area contributed by atoms with Crippen LogP contribution < -0.4 is 10.1 Å². The fourth-order valence-corrected chi connectivity index (χ4v) is 2.80. The molecule has 1 amide bonds. The summed E-state index contributed by atoms with van der Waals surface area (Å²) in [4.78, 5) is 11.2. The molecular formula is C15H24N2O5S. The maximum absolute atomic E-state index is 11.8. The lowest BCUT2D eigenvalue weighted by atomic mass is 10.1. The van der Waals surface area contributed by atoms with E-state index in [1.165, 1.54) is 4.31 Å². The van der Waals surface area contributed by atoms with Crippen LogP contribution >= 0.6 is 0 Å². The van der Waals surface area contributed by atoms with Crippen LogP contribution in [0.4, 0.5) is 4.79 Å². The van der Waals surface area contributed by atoms with Crippen LogP contribution in [0.3, 0.4) is 0 Å². The van der Waals surface area contributed by atoms with Crippen LogP contribution in [0.25, 0.3) is 0 Å². The van der Waals surface area contributed by atoms with Gasteiger partial charge in [0.15, 0.2) is 0 Å². The molecule has 0 unspecified atom stereocenters. The Morgan fingerprint density at radius 3 is 2.39 bits per heavy atom. The SMILES string of the molecule is CCOC(=O)NCCN(CCc1ccc(OC)cc1)S(C)(=O)=O. The minimum Gasteiger partial charge on any atom is -0.497 e. The molecule has 0 saturated heterocycles. The van der Waals surface area contributed by atoms with Crippen LogP contribution in [0.2, 0.25) is 0 Å². The largest absolute Gasteiger partial charge is 0.497 e. The monoisotopic (exact) mass is 344 g/mol. The molecule has 1 N–H and O–H groups in total. The third kappa shape index (κ3) is 7.34. The van der Waals surface area contributed by atoms with Gasteiger partial charge in [0.1, 0.15) is 5.75 Å². The average Bonchev–Trinajstić information content (AvgIpc) is 2.50. The summed E-state index contributed by atoms with van der Waals surface area (Å²) in [5, 5.41) is 2.52. The number of hydrogen-bond donors (Lipinski definition) is 1. The van der Waals surface area contributed by atoms with E-state index in [0.29, 0.717) is 13.0 Å². The van der Waals surface area contributed by atoms with Crippen LogP contribution in [0.1, 0.15) is 12.5 Å². The molecule has 23 heavy (non-hydrogen) atoms. The zero-order valence-corrected chi connectivity index (χ0v) is 14.6. The van der Waals surface area contributed by atoms with E-state index in [4.69, 9.17) is 9.47 Å². The first-order valence-electron chi connectivity index (χ1n) is 7.35. The molecule has 0 aliphatic carbocycles. The second kappa shape index (κ2) is 9.36. The molecule has 130 valence electrons. The summed E-state index contributed by atoms with van der Waals surface area (Å²) in [5.41, 5.74) is 1.01. The number of carbonyl (C=O) groups is 1. The van der Waals surface area contributed by atoms with Gasteiger partial charge >= 0.3 is 6.09 Å². The van der Waals surface area contributed by atoms with E-state index in [0.717, 1.165) is 17.6 Å². The quantitative estimate of drug-likeness (QED) is 0.729. The Hall–Kier alpha value is -1.80. The summed E-state index contributed by atoms with van der Waals surface area (Å²) in [5.74, 6) is 0.757. The number of benzene rings is 1. The van der Waals surface area contributed by atoms with Crippen LogP contribution in [-0.2, 0) is 21.2 Å². The highest BCUT2D eigenvalue weighted by Crippen LogP contribution is 2.12. The first-order valence-corrected chi connectivity index (χ1v) is 9.20. The number of ether oxygens (including phenoxy) is 2. The van der Waals surface area contributed by atoms with Crippen LogP contribution in [0.5, 0.6) is 5.75 Å². The molecule has 0 fully saturated rings. The van der Waals surface area contributed by atoms with Crippen molar-refractivity contribution in [3.05, 3.63) is 29.8 Å². The van der Waals surface area contributed by atoms with Gasteiger partial charge < -0.3 is 14.8 Å². The molecule has 0 aliphatic rings. The molecule has 1 aromatic rings. The Morgan fingerprint density at radius 1 is 1.22 bits per heavy atom. The molecule has 8 heteroatoms. The summed E-state index contributed by atoms with van der Waals surface area (Å²) in [6, 6.07) is 7.47. The first-order chi connectivity index (χ1) is 10.9. The minimum absolute atomic E-state index is 0.202. The van der Waals surface area contributed by atoms with E-state index in [9.17, 15) is 13.2 Å². The Morgan fingerprint density at radius 2 is 1.87 bits per heavy atom. The zero-order chi connectivity index (χ0) is 17.3. The van der Waals surface area contributed by atoms with E-state index < -0.39 is 16.1 Å². The van der Waals surface area contributed by atoms with Crippen molar-refractivity contribution >= 4 is 16.1 Å². The maximum atomic E-state index is 11.8. The number of hydrogen-bond acceptors (Lipinski definition) is 5. The van der Waals surface area contributed by atoms with Gasteiger partial charge in [0.05, 0.1) is 20.0 Å². The maximum Gasteiger partial charge on any atom is 0.407 e. The van der Waals surface area contributed by atoms with Gasteiger partial charge in [0.25, 0.3) is 0 Å². The van der Waals surface area contributed by atoms with Gasteiger partial charge in [-0.25, -0.2) is 17.5 Å². The molecule has 0 bridgehead atoms. The van der Waals surface area contributed by atoms with Crippen molar-refractivity contribution < 1.29 is 22.7 Å². The fourth-order valence-electron chi connectivity index (χ4n) is 1.95. The second-order valence-corrected chi connectivity index (χ2v) is 6.89. The van der Waals surface area contributed by atoms with Crippen molar-refractivity contribution in [2.45, 2.75) is 13.3 Å². The predicted octanol–water partition coefficient (Wildman–Crippen LogP) is 1.25. The van der Waals surface area contributed by atoms with E-state index in [2.05, 4.69) is 5.32 Å². The lowest BCUT2D eigenvalue weighted by molar-refractivity contribution is 0.151. The van der Waals surface area contributed by atoms with Crippen molar-refractivity contribution in [1.82, 2.24) is 9.62 Å². The molecular weight excluding hydrogens is 320 g/mol. The van der Waals surface area contributed by atoms with Gasteiger partial charge in [0.2, 0.25) is 10.0 Å². The Bertz CT molecular complexity index is 586. The van der Waals surface area contributed by atoms with E-state index in [1.54, 1.807) is 14.0 Å². The summed E-state index contributed by atoms with van der Waals surface area (Å²) < 4.78 is 34.8. The number of amides is 1. The molecule has 1 aromatic carbocycles. The molecule has 0 atom stereocenters. The van der Waals surface area contributed by atoms with Crippen LogP contribution in [-0.4, -0.2) is 58.4 Å². The number of alkyl carbamates (subject to hydrolysis) is 1. The lowest BCUT2D eigenvalue weighted by Gasteiger charge is -2.20. The standard InChI is InChI=1S/C15H24N2O5S/c1-4-22-15(18)16-10-12-17(23(3,19)20)11-9-13-5-7-14(21-2)8-6-13/h5-8H,4,9-12H2,1-3H3,(H,16,18). The predicted molar refractivity (Wildman–Crippen MR) is 88.1 cm³/mol. The van der Waals surface area contributed by atoms with Crippen molar-refractivity contribution in [3.63, 3.8) is 0 Å². The molecule has 7 nitrogen and oxygen atoms in total. The number of methoxy groups -OCH3 is 1. The van der Waals surface area contributed by atoms with E-state index in [-0.39, 0.29) is 19.7 Å². The summed E-state index contributed by atoms with van der Waals surface area (Å²) >= 11 is 0. The topological polar surface area (TPSA) is 84.9 Å². The number of sulfonamides is 1. The highest BCUT2D eigenvalue weighted by Gasteiger charge is 2.16. The Balaban J connectivity index is 2.52. The third-order valence-corrected chi connectivity index (χ3v) is 4.49. The van der Waals surface area contributed by atoms with Crippen molar-refractivity contribution in [2.24, 2.45) is 0 Å². The number of nitrogens with one attached hydrogen (secondary N) is 1. The smallest absolute Gasteiger partial charge is 0.407 e.